The number of hydrogen-bond acceptors (Lipinski definition) is 2. The van der Waals surface area contributed by atoms with Crippen molar-refractivity contribution in [3.05, 3.63) is 57.6 Å². The first-order valence-corrected chi connectivity index (χ1v) is 6.36. The average Bonchev–Trinajstić information content (AvgIpc) is 2.32. The number of carbonyl (C=O) groups excluding carboxylic acids is 1. The Kier molecular flexibility index (Phi) is 3.98. The van der Waals surface area contributed by atoms with Gasteiger partial charge in [0.25, 0.3) is 5.91 Å². The van der Waals surface area contributed by atoms with E-state index in [1.54, 1.807) is 30.3 Å². The standard InChI is InChI=1S/C14H12Cl2N2O/c1-8-5-6-12(10(16)7-8)18-14(19)13-9(15)3-2-4-11(13)17/h2-7H,17H2,1H3,(H,18,19). The molecule has 0 aliphatic carbocycles. The van der Waals surface area contributed by atoms with Crippen molar-refractivity contribution in [1.29, 1.82) is 0 Å². The fourth-order valence-corrected chi connectivity index (χ4v) is 2.24. The number of anilines is 2. The molecule has 3 N–H and O–H groups in total. The van der Waals surface area contributed by atoms with Crippen molar-refractivity contribution in [2.45, 2.75) is 6.92 Å². The van der Waals surface area contributed by atoms with E-state index < -0.39 is 0 Å². The molecule has 0 bridgehead atoms. The highest BCUT2D eigenvalue weighted by atomic mass is 35.5. The maximum Gasteiger partial charge on any atom is 0.259 e. The summed E-state index contributed by atoms with van der Waals surface area (Å²) in [5, 5.41) is 3.48. The molecule has 0 saturated heterocycles. The van der Waals surface area contributed by atoms with Gasteiger partial charge in [-0.05, 0) is 36.8 Å². The van der Waals surface area contributed by atoms with E-state index in [4.69, 9.17) is 28.9 Å². The Balaban J connectivity index is 2.31. The Morgan fingerprint density at radius 1 is 1.16 bits per heavy atom. The van der Waals surface area contributed by atoms with Crippen LogP contribution in [0.5, 0.6) is 0 Å². The average molecular weight is 295 g/mol. The molecule has 19 heavy (non-hydrogen) atoms. The van der Waals surface area contributed by atoms with Gasteiger partial charge in [0, 0.05) is 5.69 Å². The highest BCUT2D eigenvalue weighted by Crippen LogP contribution is 2.26. The summed E-state index contributed by atoms with van der Waals surface area (Å²) in [6.07, 6.45) is 0. The van der Waals surface area contributed by atoms with Gasteiger partial charge >= 0.3 is 0 Å². The number of carbonyl (C=O) groups is 1. The summed E-state index contributed by atoms with van der Waals surface area (Å²) < 4.78 is 0. The molecular formula is C14H12Cl2N2O. The van der Waals surface area contributed by atoms with Crippen LogP contribution < -0.4 is 11.1 Å². The zero-order valence-electron chi connectivity index (χ0n) is 10.2. The number of rotatable bonds is 2. The van der Waals surface area contributed by atoms with E-state index in [1.807, 2.05) is 13.0 Å². The normalized spacial score (nSPS) is 10.3. The Morgan fingerprint density at radius 3 is 2.53 bits per heavy atom. The van der Waals surface area contributed by atoms with Crippen molar-refractivity contribution in [3.63, 3.8) is 0 Å². The molecule has 0 fully saturated rings. The number of nitrogen functional groups attached to an aromatic ring is 1. The Hall–Kier alpha value is -1.71. The van der Waals surface area contributed by atoms with Crippen LogP contribution >= 0.6 is 23.2 Å². The third-order valence-corrected chi connectivity index (χ3v) is 3.27. The molecule has 0 spiro atoms. The SMILES string of the molecule is Cc1ccc(NC(=O)c2c(N)cccc2Cl)c(Cl)c1. The van der Waals surface area contributed by atoms with Gasteiger partial charge in [-0.15, -0.1) is 0 Å². The minimum absolute atomic E-state index is 0.251. The van der Waals surface area contributed by atoms with Crippen LogP contribution in [0, 0.1) is 6.92 Å². The molecule has 0 saturated carbocycles. The van der Waals surface area contributed by atoms with E-state index in [0.29, 0.717) is 21.4 Å². The molecule has 0 atom stereocenters. The number of benzene rings is 2. The maximum atomic E-state index is 12.2. The Bertz CT molecular complexity index is 621. The molecule has 2 aromatic rings. The third-order valence-electron chi connectivity index (χ3n) is 2.65. The summed E-state index contributed by atoms with van der Waals surface area (Å²) in [7, 11) is 0. The van der Waals surface area contributed by atoms with Crippen molar-refractivity contribution in [2.75, 3.05) is 11.1 Å². The topological polar surface area (TPSA) is 55.1 Å². The molecule has 2 rings (SSSR count). The fraction of sp³-hybridized carbons (Fsp3) is 0.0714. The highest BCUT2D eigenvalue weighted by Gasteiger charge is 2.15. The first-order chi connectivity index (χ1) is 8.99. The van der Waals surface area contributed by atoms with Gasteiger partial charge in [-0.25, -0.2) is 0 Å². The van der Waals surface area contributed by atoms with Crippen LogP contribution in [-0.4, -0.2) is 5.91 Å². The van der Waals surface area contributed by atoms with Crippen LogP contribution in [0.25, 0.3) is 0 Å². The van der Waals surface area contributed by atoms with Crippen LogP contribution in [0.4, 0.5) is 11.4 Å². The summed E-state index contributed by atoms with van der Waals surface area (Å²) >= 11 is 12.0. The van der Waals surface area contributed by atoms with E-state index in [2.05, 4.69) is 5.32 Å². The second kappa shape index (κ2) is 5.51. The predicted octanol–water partition coefficient (Wildman–Crippen LogP) is 4.14. The minimum Gasteiger partial charge on any atom is -0.398 e. The van der Waals surface area contributed by atoms with E-state index in [0.717, 1.165) is 5.56 Å². The van der Waals surface area contributed by atoms with E-state index >= 15 is 0 Å². The molecule has 0 unspecified atom stereocenters. The molecule has 5 heteroatoms. The summed E-state index contributed by atoms with van der Waals surface area (Å²) in [5.74, 6) is -0.381. The summed E-state index contributed by atoms with van der Waals surface area (Å²) in [6, 6.07) is 10.3. The second-order valence-corrected chi connectivity index (χ2v) is 4.96. The largest absolute Gasteiger partial charge is 0.398 e. The summed E-state index contributed by atoms with van der Waals surface area (Å²) in [5.41, 5.74) is 7.88. The first kappa shape index (κ1) is 13.7. The number of amides is 1. The highest BCUT2D eigenvalue weighted by molar-refractivity contribution is 6.36. The van der Waals surface area contributed by atoms with Gasteiger partial charge in [0.15, 0.2) is 0 Å². The third kappa shape index (κ3) is 3.00. The van der Waals surface area contributed by atoms with Gasteiger partial charge in [-0.2, -0.15) is 0 Å². The van der Waals surface area contributed by atoms with Gasteiger partial charge in [0.05, 0.1) is 21.3 Å². The minimum atomic E-state index is -0.381. The summed E-state index contributed by atoms with van der Waals surface area (Å²) in [6.45, 7) is 1.92. The zero-order chi connectivity index (χ0) is 14.0. The zero-order valence-corrected chi connectivity index (χ0v) is 11.7. The number of aryl methyl sites for hydroxylation is 1. The van der Waals surface area contributed by atoms with E-state index in [1.165, 1.54) is 0 Å². The Morgan fingerprint density at radius 2 is 1.89 bits per heavy atom. The maximum absolute atomic E-state index is 12.2. The molecule has 3 nitrogen and oxygen atoms in total. The molecule has 0 aliphatic rings. The monoisotopic (exact) mass is 294 g/mol. The van der Waals surface area contributed by atoms with Crippen LogP contribution in [0.1, 0.15) is 15.9 Å². The Labute approximate surface area is 121 Å². The van der Waals surface area contributed by atoms with Crippen molar-refractivity contribution < 1.29 is 4.79 Å². The van der Waals surface area contributed by atoms with Gasteiger partial charge in [0.2, 0.25) is 0 Å². The van der Waals surface area contributed by atoms with Crippen LogP contribution in [0.15, 0.2) is 36.4 Å². The van der Waals surface area contributed by atoms with Crippen molar-refractivity contribution in [2.24, 2.45) is 0 Å². The molecule has 0 aliphatic heterocycles. The first-order valence-electron chi connectivity index (χ1n) is 5.60. The number of nitrogens with two attached hydrogens (primary N) is 1. The molecule has 98 valence electrons. The van der Waals surface area contributed by atoms with E-state index in [-0.39, 0.29) is 11.5 Å². The molecule has 2 aromatic carbocycles. The quantitative estimate of drug-likeness (QED) is 0.818. The van der Waals surface area contributed by atoms with E-state index in [9.17, 15) is 4.79 Å². The van der Waals surface area contributed by atoms with Gasteiger partial charge in [-0.1, -0.05) is 35.3 Å². The smallest absolute Gasteiger partial charge is 0.259 e. The van der Waals surface area contributed by atoms with Crippen LogP contribution in [-0.2, 0) is 0 Å². The van der Waals surface area contributed by atoms with Crippen molar-refractivity contribution >= 4 is 40.5 Å². The lowest BCUT2D eigenvalue weighted by Crippen LogP contribution is -2.15. The predicted molar refractivity (Wildman–Crippen MR) is 80.0 cm³/mol. The number of hydrogen-bond donors (Lipinski definition) is 2. The molecule has 1 amide bonds. The van der Waals surface area contributed by atoms with Gasteiger partial charge < -0.3 is 11.1 Å². The second-order valence-electron chi connectivity index (χ2n) is 4.14. The fourth-order valence-electron chi connectivity index (χ4n) is 1.69. The summed E-state index contributed by atoms with van der Waals surface area (Å²) in [4.78, 5) is 12.2. The molecular weight excluding hydrogens is 283 g/mol. The number of halogens is 2. The van der Waals surface area contributed by atoms with Gasteiger partial charge in [-0.3, -0.25) is 4.79 Å². The van der Waals surface area contributed by atoms with Crippen molar-refractivity contribution in [3.8, 4) is 0 Å². The molecule has 0 heterocycles. The van der Waals surface area contributed by atoms with Crippen molar-refractivity contribution in [1.82, 2.24) is 0 Å². The lowest BCUT2D eigenvalue weighted by molar-refractivity contribution is 0.102. The van der Waals surface area contributed by atoms with Crippen LogP contribution in [0.2, 0.25) is 10.0 Å². The van der Waals surface area contributed by atoms with Crippen LogP contribution in [0.3, 0.4) is 0 Å². The molecule has 0 radical (unpaired) electrons. The molecule has 0 aromatic heterocycles. The lowest BCUT2D eigenvalue weighted by atomic mass is 10.1. The number of nitrogens with one attached hydrogen (secondary N) is 1. The lowest BCUT2D eigenvalue weighted by Gasteiger charge is -2.10. The van der Waals surface area contributed by atoms with Gasteiger partial charge in [0.1, 0.15) is 0 Å².